The van der Waals surface area contributed by atoms with E-state index in [0.29, 0.717) is 17.8 Å². The molecule has 2 aromatic rings. The number of H-pyrrole nitrogens is 1. The topological polar surface area (TPSA) is 96.8 Å². The Bertz CT molecular complexity index is 806. The molecule has 8 nitrogen and oxygen atoms in total. The molecule has 0 saturated carbocycles. The van der Waals surface area contributed by atoms with Gasteiger partial charge in [0.05, 0.1) is 11.3 Å². The van der Waals surface area contributed by atoms with Crippen molar-refractivity contribution in [3.8, 4) is 0 Å². The highest BCUT2D eigenvalue weighted by Gasteiger charge is 2.28. The molecule has 1 fully saturated rings. The molecule has 1 N–H and O–H groups in total. The second kappa shape index (κ2) is 6.78. The molecule has 1 aliphatic heterocycles. The first kappa shape index (κ1) is 17.3. The Morgan fingerprint density at radius 2 is 2.04 bits per heavy atom. The average molecular weight is 344 g/mol. The summed E-state index contributed by atoms with van der Waals surface area (Å²) < 4.78 is 1.63. The van der Waals surface area contributed by atoms with Crippen molar-refractivity contribution in [3.05, 3.63) is 28.6 Å². The van der Waals surface area contributed by atoms with E-state index in [1.54, 1.807) is 11.6 Å². The van der Waals surface area contributed by atoms with Gasteiger partial charge in [-0.25, -0.2) is 4.98 Å². The normalized spacial score (nSPS) is 17.8. The van der Waals surface area contributed by atoms with Crippen LogP contribution in [0.2, 0.25) is 0 Å². The lowest BCUT2D eigenvalue weighted by Gasteiger charge is -2.31. The van der Waals surface area contributed by atoms with Crippen LogP contribution < -0.4 is 0 Å². The minimum Gasteiger partial charge on any atom is -0.340 e. The number of aromatic nitrogens is 5. The third-order valence-corrected chi connectivity index (χ3v) is 4.77. The van der Waals surface area contributed by atoms with Crippen molar-refractivity contribution >= 4 is 11.7 Å². The molecule has 0 aliphatic carbocycles. The largest absolute Gasteiger partial charge is 0.340 e. The molecule has 3 heterocycles. The van der Waals surface area contributed by atoms with Gasteiger partial charge in [0.15, 0.2) is 11.6 Å². The molecule has 8 heteroatoms. The summed E-state index contributed by atoms with van der Waals surface area (Å²) in [4.78, 5) is 30.7. The third-order valence-electron chi connectivity index (χ3n) is 4.77. The number of likely N-dealkylation sites (tertiary alicyclic amines) is 1. The number of ketones is 1. The van der Waals surface area contributed by atoms with E-state index >= 15 is 0 Å². The van der Waals surface area contributed by atoms with Crippen molar-refractivity contribution in [2.75, 3.05) is 13.1 Å². The van der Waals surface area contributed by atoms with Crippen LogP contribution in [0.25, 0.3) is 0 Å². The summed E-state index contributed by atoms with van der Waals surface area (Å²) in [5.74, 6) is 1.72. The standard InChI is InChI=1S/C17H24N6O2/c1-10-16(12(3)24)11(2)23(21-10)9-15(25)22-7-5-6-14(8-22)17-18-13(4)19-20-17/h14H,5-9H2,1-4H3,(H,18,19,20)/t14-/m1/s1. The first-order valence-corrected chi connectivity index (χ1v) is 8.58. The Morgan fingerprint density at radius 3 is 2.64 bits per heavy atom. The van der Waals surface area contributed by atoms with Crippen molar-refractivity contribution in [3.63, 3.8) is 0 Å². The minimum absolute atomic E-state index is 0.0117. The first-order chi connectivity index (χ1) is 11.9. The molecule has 0 unspecified atom stereocenters. The Labute approximate surface area is 146 Å². The van der Waals surface area contributed by atoms with E-state index in [1.807, 2.05) is 18.7 Å². The lowest BCUT2D eigenvalue weighted by Crippen LogP contribution is -2.41. The molecular weight excluding hydrogens is 320 g/mol. The Hall–Kier alpha value is -2.51. The Balaban J connectivity index is 1.71. The summed E-state index contributed by atoms with van der Waals surface area (Å²) in [5, 5.41) is 11.5. The number of aromatic amines is 1. The van der Waals surface area contributed by atoms with Crippen molar-refractivity contribution in [2.24, 2.45) is 0 Å². The van der Waals surface area contributed by atoms with Crippen LogP contribution in [0.3, 0.4) is 0 Å². The van der Waals surface area contributed by atoms with Gasteiger partial charge in [-0.3, -0.25) is 19.4 Å². The summed E-state index contributed by atoms with van der Waals surface area (Å²) in [6, 6.07) is 0. The highest BCUT2D eigenvalue weighted by atomic mass is 16.2. The first-order valence-electron chi connectivity index (χ1n) is 8.58. The van der Waals surface area contributed by atoms with Gasteiger partial charge in [0.1, 0.15) is 12.4 Å². The molecule has 25 heavy (non-hydrogen) atoms. The molecule has 134 valence electrons. The predicted molar refractivity (Wildman–Crippen MR) is 91.4 cm³/mol. The fourth-order valence-corrected chi connectivity index (χ4v) is 3.55. The van der Waals surface area contributed by atoms with Gasteiger partial charge < -0.3 is 4.90 Å². The molecule has 1 amide bonds. The van der Waals surface area contributed by atoms with Crippen molar-refractivity contribution < 1.29 is 9.59 Å². The number of aryl methyl sites for hydroxylation is 2. The zero-order valence-corrected chi connectivity index (χ0v) is 15.2. The van der Waals surface area contributed by atoms with Crippen LogP contribution in [0.4, 0.5) is 0 Å². The monoisotopic (exact) mass is 344 g/mol. The summed E-state index contributed by atoms with van der Waals surface area (Å²) >= 11 is 0. The van der Waals surface area contributed by atoms with Crippen LogP contribution in [0.15, 0.2) is 0 Å². The molecule has 1 aliphatic rings. The van der Waals surface area contributed by atoms with Gasteiger partial charge in [0.2, 0.25) is 5.91 Å². The maximum Gasteiger partial charge on any atom is 0.244 e. The lowest BCUT2D eigenvalue weighted by atomic mass is 9.97. The number of nitrogens with one attached hydrogen (secondary N) is 1. The predicted octanol–water partition coefficient (Wildman–Crippen LogP) is 1.54. The fraction of sp³-hybridized carbons (Fsp3) is 0.588. The number of Topliss-reactive ketones (excluding diaryl/α,β-unsaturated/α-hetero) is 1. The lowest BCUT2D eigenvalue weighted by molar-refractivity contribution is -0.133. The van der Waals surface area contributed by atoms with Crippen LogP contribution in [0.1, 0.15) is 59.1 Å². The van der Waals surface area contributed by atoms with E-state index in [-0.39, 0.29) is 24.2 Å². The zero-order valence-electron chi connectivity index (χ0n) is 15.2. The summed E-state index contributed by atoms with van der Waals surface area (Å²) in [7, 11) is 0. The van der Waals surface area contributed by atoms with Gasteiger partial charge in [-0.1, -0.05) is 0 Å². The van der Waals surface area contributed by atoms with E-state index in [0.717, 1.165) is 36.7 Å². The van der Waals surface area contributed by atoms with Crippen LogP contribution in [0, 0.1) is 20.8 Å². The van der Waals surface area contributed by atoms with E-state index in [9.17, 15) is 9.59 Å². The number of rotatable bonds is 4. The molecule has 2 aromatic heterocycles. The second-order valence-corrected chi connectivity index (χ2v) is 6.72. The second-order valence-electron chi connectivity index (χ2n) is 6.72. The Kier molecular flexibility index (Phi) is 4.69. The minimum atomic E-state index is -0.0216. The van der Waals surface area contributed by atoms with Crippen molar-refractivity contribution in [1.82, 2.24) is 29.9 Å². The SMILES string of the molecule is CC(=O)c1c(C)nn(CC(=O)N2CCC[C@@H](c3n[nH]c(C)n3)C2)c1C. The van der Waals surface area contributed by atoms with Gasteiger partial charge in [-0.05, 0) is 40.5 Å². The molecule has 0 aromatic carbocycles. The smallest absolute Gasteiger partial charge is 0.244 e. The van der Waals surface area contributed by atoms with E-state index in [1.165, 1.54) is 6.92 Å². The molecule has 1 atom stereocenters. The van der Waals surface area contributed by atoms with Gasteiger partial charge >= 0.3 is 0 Å². The van der Waals surface area contributed by atoms with Gasteiger partial charge in [-0.2, -0.15) is 10.2 Å². The number of hydrogen-bond acceptors (Lipinski definition) is 5. The number of hydrogen-bond donors (Lipinski definition) is 1. The van der Waals surface area contributed by atoms with Crippen LogP contribution in [0.5, 0.6) is 0 Å². The van der Waals surface area contributed by atoms with Crippen molar-refractivity contribution in [1.29, 1.82) is 0 Å². The fourth-order valence-electron chi connectivity index (χ4n) is 3.55. The van der Waals surface area contributed by atoms with Crippen LogP contribution in [-0.2, 0) is 11.3 Å². The van der Waals surface area contributed by atoms with Crippen LogP contribution >= 0.6 is 0 Å². The maximum atomic E-state index is 12.7. The highest BCUT2D eigenvalue weighted by Crippen LogP contribution is 2.24. The molecule has 3 rings (SSSR count). The average Bonchev–Trinajstić information content (AvgIpc) is 3.11. The summed E-state index contributed by atoms with van der Waals surface area (Å²) in [6.45, 7) is 8.54. The van der Waals surface area contributed by atoms with Gasteiger partial charge in [-0.15, -0.1) is 0 Å². The number of nitrogens with zero attached hydrogens (tertiary/aromatic N) is 5. The maximum absolute atomic E-state index is 12.7. The van der Waals surface area contributed by atoms with Crippen LogP contribution in [-0.4, -0.2) is 54.6 Å². The molecule has 0 bridgehead atoms. The number of piperidine rings is 1. The highest BCUT2D eigenvalue weighted by molar-refractivity contribution is 5.96. The van der Waals surface area contributed by atoms with Gasteiger partial charge in [0.25, 0.3) is 0 Å². The molecule has 1 saturated heterocycles. The summed E-state index contributed by atoms with van der Waals surface area (Å²) in [5.41, 5.74) is 2.03. The number of carbonyl (C=O) groups excluding carboxylic acids is 2. The number of carbonyl (C=O) groups is 2. The molecule has 0 spiro atoms. The van der Waals surface area contributed by atoms with E-state index < -0.39 is 0 Å². The summed E-state index contributed by atoms with van der Waals surface area (Å²) in [6.07, 6.45) is 1.91. The molecule has 0 radical (unpaired) electrons. The zero-order chi connectivity index (χ0) is 18.1. The van der Waals surface area contributed by atoms with Gasteiger partial charge in [0, 0.05) is 24.7 Å². The quantitative estimate of drug-likeness (QED) is 0.849. The Morgan fingerprint density at radius 1 is 1.28 bits per heavy atom. The van der Waals surface area contributed by atoms with Crippen molar-refractivity contribution in [2.45, 2.75) is 53.0 Å². The number of amides is 1. The van der Waals surface area contributed by atoms with E-state index in [2.05, 4.69) is 20.3 Å². The molecular formula is C17H24N6O2. The van der Waals surface area contributed by atoms with E-state index in [4.69, 9.17) is 0 Å². The third kappa shape index (κ3) is 3.47.